The third kappa shape index (κ3) is 4.13. The molecule has 140 valence electrons. The zero-order chi connectivity index (χ0) is 16.4. The number of guanidine groups is 1. The summed E-state index contributed by atoms with van der Waals surface area (Å²) in [5.74, 6) is 0.995. The molecule has 0 amide bonds. The van der Waals surface area contributed by atoms with Crippen molar-refractivity contribution in [3.8, 4) is 0 Å². The summed E-state index contributed by atoms with van der Waals surface area (Å²) in [6.07, 6.45) is 9.76. The summed E-state index contributed by atoms with van der Waals surface area (Å²) in [5.41, 5.74) is 1.46. The second kappa shape index (κ2) is 8.24. The average molecular weight is 459 g/mol. The summed E-state index contributed by atoms with van der Waals surface area (Å²) in [5, 5.41) is 8.25. The van der Waals surface area contributed by atoms with Crippen LogP contribution in [0.4, 0.5) is 0 Å². The monoisotopic (exact) mass is 459 g/mol. The van der Waals surface area contributed by atoms with E-state index in [0.29, 0.717) is 11.5 Å². The molecule has 1 saturated carbocycles. The van der Waals surface area contributed by atoms with Crippen molar-refractivity contribution in [2.45, 2.75) is 51.1 Å². The van der Waals surface area contributed by atoms with Crippen LogP contribution in [-0.2, 0) is 11.3 Å². The Balaban J connectivity index is 0.00000182. The van der Waals surface area contributed by atoms with Crippen LogP contribution in [0.15, 0.2) is 17.3 Å². The Kier molecular flexibility index (Phi) is 6.25. The molecule has 1 atom stereocenters. The van der Waals surface area contributed by atoms with Crippen molar-refractivity contribution in [3.05, 3.63) is 18.0 Å². The first-order valence-electron chi connectivity index (χ1n) is 9.35. The molecule has 1 aliphatic carbocycles. The van der Waals surface area contributed by atoms with E-state index >= 15 is 0 Å². The summed E-state index contributed by atoms with van der Waals surface area (Å²) in [6.45, 7) is 4.69. The Morgan fingerprint density at radius 1 is 1.40 bits per heavy atom. The zero-order valence-electron chi connectivity index (χ0n) is 15.1. The van der Waals surface area contributed by atoms with Crippen LogP contribution >= 0.6 is 24.0 Å². The summed E-state index contributed by atoms with van der Waals surface area (Å²) in [7, 11) is 1.87. The summed E-state index contributed by atoms with van der Waals surface area (Å²) >= 11 is 0. The van der Waals surface area contributed by atoms with Crippen LogP contribution in [0.25, 0.3) is 0 Å². The normalized spacial score (nSPS) is 27.2. The number of rotatable bonds is 3. The fourth-order valence-electron chi connectivity index (χ4n) is 4.43. The molecule has 3 heterocycles. The fourth-order valence-corrected chi connectivity index (χ4v) is 4.43. The number of nitrogens with zero attached hydrogens (tertiary/aromatic N) is 4. The highest BCUT2D eigenvalue weighted by molar-refractivity contribution is 14.0. The molecular formula is C18H30IN5O. The largest absolute Gasteiger partial charge is 0.381 e. The van der Waals surface area contributed by atoms with E-state index in [4.69, 9.17) is 9.84 Å². The van der Waals surface area contributed by atoms with Crippen molar-refractivity contribution in [1.29, 1.82) is 0 Å². The van der Waals surface area contributed by atoms with Gasteiger partial charge < -0.3 is 15.0 Å². The molecule has 2 aliphatic heterocycles. The topological polar surface area (TPSA) is 54.7 Å². The molecule has 1 spiro atoms. The van der Waals surface area contributed by atoms with Crippen LogP contribution in [-0.4, -0.2) is 54.0 Å². The van der Waals surface area contributed by atoms with Crippen LogP contribution in [0.3, 0.4) is 0 Å². The lowest BCUT2D eigenvalue weighted by molar-refractivity contribution is 0.156. The maximum Gasteiger partial charge on any atom is 0.193 e. The molecule has 7 heteroatoms. The second-order valence-electron chi connectivity index (χ2n) is 7.60. The third-order valence-corrected chi connectivity index (χ3v) is 5.92. The van der Waals surface area contributed by atoms with Crippen LogP contribution < -0.4 is 5.32 Å². The highest BCUT2D eigenvalue weighted by Crippen LogP contribution is 2.38. The van der Waals surface area contributed by atoms with Crippen LogP contribution in [0.1, 0.15) is 50.3 Å². The Morgan fingerprint density at radius 3 is 2.96 bits per heavy atom. The Bertz CT molecular complexity index is 590. The van der Waals surface area contributed by atoms with E-state index in [9.17, 15) is 0 Å². The SMILES string of the molecule is CN=C(NCc1ccn(C2CCCC2)n1)N1CCC2(CCOC2)C1.I. The third-order valence-electron chi connectivity index (χ3n) is 5.92. The molecule has 6 nitrogen and oxygen atoms in total. The van der Waals surface area contributed by atoms with Gasteiger partial charge in [0.15, 0.2) is 5.96 Å². The number of nitrogens with one attached hydrogen (secondary N) is 1. The molecule has 1 N–H and O–H groups in total. The van der Waals surface area contributed by atoms with E-state index < -0.39 is 0 Å². The lowest BCUT2D eigenvalue weighted by Crippen LogP contribution is -2.41. The van der Waals surface area contributed by atoms with Gasteiger partial charge >= 0.3 is 0 Å². The number of halogens is 1. The van der Waals surface area contributed by atoms with Crippen molar-refractivity contribution in [1.82, 2.24) is 20.0 Å². The molecule has 1 unspecified atom stereocenters. The van der Waals surface area contributed by atoms with Crippen LogP contribution in [0.5, 0.6) is 0 Å². The van der Waals surface area contributed by atoms with E-state index in [-0.39, 0.29) is 24.0 Å². The van der Waals surface area contributed by atoms with E-state index in [1.807, 2.05) is 7.05 Å². The number of hydrogen-bond acceptors (Lipinski definition) is 3. The first kappa shape index (κ1) is 18.9. The standard InChI is InChI=1S/C18H29N5O.HI/c1-19-17(22-10-7-18(13-22)8-11-24-14-18)20-12-15-6-9-23(21-15)16-4-2-3-5-16;/h6,9,16H,2-5,7-8,10-14H2,1H3,(H,19,20);1H. The van der Waals surface area contributed by atoms with Crippen LogP contribution in [0, 0.1) is 5.41 Å². The molecule has 3 fully saturated rings. The lowest BCUT2D eigenvalue weighted by atomic mass is 9.87. The van der Waals surface area contributed by atoms with E-state index in [1.165, 1.54) is 38.5 Å². The summed E-state index contributed by atoms with van der Waals surface area (Å²) < 4.78 is 7.79. The molecule has 25 heavy (non-hydrogen) atoms. The number of ether oxygens (including phenoxy) is 1. The molecule has 1 aromatic rings. The van der Waals surface area contributed by atoms with Gasteiger partial charge in [-0.15, -0.1) is 24.0 Å². The molecule has 0 bridgehead atoms. The van der Waals surface area contributed by atoms with Gasteiger partial charge in [-0.3, -0.25) is 9.67 Å². The lowest BCUT2D eigenvalue weighted by Gasteiger charge is -2.24. The predicted molar refractivity (Wildman–Crippen MR) is 109 cm³/mol. The van der Waals surface area contributed by atoms with Crippen molar-refractivity contribution in [2.75, 3.05) is 33.4 Å². The fraction of sp³-hybridized carbons (Fsp3) is 0.778. The minimum atomic E-state index is 0. The van der Waals surface area contributed by atoms with E-state index in [2.05, 4.69) is 32.2 Å². The van der Waals surface area contributed by atoms with Crippen molar-refractivity contribution >= 4 is 29.9 Å². The second-order valence-corrected chi connectivity index (χ2v) is 7.60. The molecular weight excluding hydrogens is 429 g/mol. The van der Waals surface area contributed by atoms with Gasteiger partial charge in [0.05, 0.1) is 24.9 Å². The summed E-state index contributed by atoms with van der Waals surface area (Å²) in [4.78, 5) is 6.86. The predicted octanol–water partition coefficient (Wildman–Crippen LogP) is 2.80. The average Bonchev–Trinajstić information content (AvgIpc) is 3.37. The minimum Gasteiger partial charge on any atom is -0.381 e. The van der Waals surface area contributed by atoms with Gasteiger partial charge in [-0.1, -0.05) is 12.8 Å². The maximum absolute atomic E-state index is 5.62. The Hall–Kier alpha value is -0.830. The molecule has 0 aromatic carbocycles. The van der Waals surface area contributed by atoms with E-state index in [1.54, 1.807) is 0 Å². The van der Waals surface area contributed by atoms with Gasteiger partial charge in [-0.05, 0) is 31.7 Å². The summed E-state index contributed by atoms with van der Waals surface area (Å²) in [6, 6.07) is 2.74. The molecule has 0 radical (unpaired) electrons. The van der Waals surface area contributed by atoms with Gasteiger partial charge in [-0.2, -0.15) is 5.10 Å². The number of hydrogen-bond donors (Lipinski definition) is 1. The van der Waals surface area contributed by atoms with Crippen molar-refractivity contribution in [2.24, 2.45) is 10.4 Å². The quantitative estimate of drug-likeness (QED) is 0.429. The van der Waals surface area contributed by atoms with Gasteiger partial charge in [-0.25, -0.2) is 0 Å². The number of aromatic nitrogens is 2. The maximum atomic E-state index is 5.62. The first-order chi connectivity index (χ1) is 11.8. The first-order valence-corrected chi connectivity index (χ1v) is 9.35. The number of aliphatic imine (C=N–C) groups is 1. The van der Waals surface area contributed by atoms with Crippen molar-refractivity contribution < 1.29 is 4.74 Å². The van der Waals surface area contributed by atoms with Gasteiger partial charge in [0.25, 0.3) is 0 Å². The molecule has 3 aliphatic rings. The Morgan fingerprint density at radius 2 is 2.24 bits per heavy atom. The van der Waals surface area contributed by atoms with Gasteiger partial charge in [0.1, 0.15) is 0 Å². The molecule has 2 saturated heterocycles. The molecule has 4 rings (SSSR count). The van der Waals surface area contributed by atoms with E-state index in [0.717, 1.165) is 44.5 Å². The van der Waals surface area contributed by atoms with Gasteiger partial charge in [0, 0.05) is 38.4 Å². The highest BCUT2D eigenvalue weighted by Gasteiger charge is 2.42. The Labute approximate surface area is 167 Å². The highest BCUT2D eigenvalue weighted by atomic mass is 127. The molecule has 1 aromatic heterocycles. The van der Waals surface area contributed by atoms with Crippen LogP contribution in [0.2, 0.25) is 0 Å². The minimum absolute atomic E-state index is 0. The zero-order valence-corrected chi connectivity index (χ0v) is 17.4. The number of likely N-dealkylation sites (tertiary alicyclic amines) is 1. The smallest absolute Gasteiger partial charge is 0.193 e. The van der Waals surface area contributed by atoms with Gasteiger partial charge in [0.2, 0.25) is 0 Å². The van der Waals surface area contributed by atoms with Crippen molar-refractivity contribution in [3.63, 3.8) is 0 Å².